The first-order valence-corrected chi connectivity index (χ1v) is 3.75. The van der Waals surface area contributed by atoms with Gasteiger partial charge in [-0.05, 0) is 12.8 Å². The summed E-state index contributed by atoms with van der Waals surface area (Å²) in [4.78, 5) is 30.5. The number of carbonyl (C=O) groups is 3. The van der Waals surface area contributed by atoms with Crippen molar-refractivity contribution in [3.05, 3.63) is 0 Å². The molecule has 86 valence electrons. The maximum absolute atomic E-state index is 11.5. The number of hydrogen-bond acceptors (Lipinski definition) is 5. The first kappa shape index (κ1) is 13.4. The van der Waals surface area contributed by atoms with Gasteiger partial charge in [0.2, 0.25) is 0 Å². The van der Waals surface area contributed by atoms with Crippen molar-refractivity contribution in [3.8, 4) is 0 Å². The van der Waals surface area contributed by atoms with E-state index in [0.29, 0.717) is 0 Å². The van der Waals surface area contributed by atoms with Gasteiger partial charge in [-0.3, -0.25) is 4.79 Å². The molecule has 0 aromatic heterocycles. The molecule has 15 heavy (non-hydrogen) atoms. The Morgan fingerprint density at radius 1 is 1.13 bits per heavy atom. The molecule has 0 atom stereocenters. The van der Waals surface area contributed by atoms with Crippen LogP contribution in [0.1, 0.15) is 19.3 Å². The summed E-state index contributed by atoms with van der Waals surface area (Å²) in [5.74, 6) is -5.47. The second-order valence-electron chi connectivity index (χ2n) is 2.48. The van der Waals surface area contributed by atoms with Gasteiger partial charge >= 0.3 is 18.1 Å². The zero-order chi connectivity index (χ0) is 12.1. The topological polar surface area (TPSA) is 83.5 Å². The van der Waals surface area contributed by atoms with Crippen LogP contribution in [0.5, 0.6) is 0 Å². The van der Waals surface area contributed by atoms with Gasteiger partial charge in [-0.1, -0.05) is 0 Å². The predicted octanol–water partition coefficient (Wildman–Crippen LogP) is -0.461. The summed E-state index contributed by atoms with van der Waals surface area (Å²) in [6.07, 6.45) is -6.55. The third kappa shape index (κ3) is 6.47. The summed E-state index contributed by atoms with van der Waals surface area (Å²) in [7, 11) is 0. The van der Waals surface area contributed by atoms with Gasteiger partial charge in [-0.15, -0.1) is 0 Å². The molecule has 0 N–H and O–H groups in total. The molecule has 0 saturated carbocycles. The average molecular weight is 227 g/mol. The SMILES string of the molecule is O=C([O-])CCCC(=O)OC(=O)C(F)(F)F. The Morgan fingerprint density at radius 2 is 1.67 bits per heavy atom. The first-order valence-electron chi connectivity index (χ1n) is 3.75. The van der Waals surface area contributed by atoms with Crippen molar-refractivity contribution in [1.82, 2.24) is 0 Å². The zero-order valence-electron chi connectivity index (χ0n) is 7.30. The smallest absolute Gasteiger partial charge is 0.491 e. The molecule has 0 heterocycles. The number of aliphatic carboxylic acids is 1. The molecule has 8 heteroatoms. The van der Waals surface area contributed by atoms with E-state index in [1.165, 1.54) is 0 Å². The van der Waals surface area contributed by atoms with Crippen molar-refractivity contribution >= 4 is 17.9 Å². The van der Waals surface area contributed by atoms with Crippen LogP contribution in [-0.2, 0) is 19.1 Å². The first-order chi connectivity index (χ1) is 6.73. The fourth-order valence-electron chi connectivity index (χ4n) is 0.589. The van der Waals surface area contributed by atoms with Crippen LogP contribution in [0.4, 0.5) is 13.2 Å². The van der Waals surface area contributed by atoms with E-state index < -0.39 is 36.9 Å². The summed E-state index contributed by atoms with van der Waals surface area (Å²) in [6, 6.07) is 0. The van der Waals surface area contributed by atoms with Crippen molar-refractivity contribution in [2.75, 3.05) is 0 Å². The fourth-order valence-corrected chi connectivity index (χ4v) is 0.589. The van der Waals surface area contributed by atoms with Crippen molar-refractivity contribution in [2.45, 2.75) is 25.4 Å². The number of esters is 2. The van der Waals surface area contributed by atoms with Gasteiger partial charge in [0.15, 0.2) is 0 Å². The van der Waals surface area contributed by atoms with Gasteiger partial charge < -0.3 is 14.6 Å². The minimum absolute atomic E-state index is 0.244. The van der Waals surface area contributed by atoms with Crippen LogP contribution in [0.2, 0.25) is 0 Å². The molecule has 0 aliphatic heterocycles. The van der Waals surface area contributed by atoms with E-state index in [1.54, 1.807) is 0 Å². The molecule has 0 rings (SSSR count). The fraction of sp³-hybridized carbons (Fsp3) is 0.571. The third-order valence-corrected chi connectivity index (χ3v) is 1.20. The maximum Gasteiger partial charge on any atom is 0.491 e. The molecule has 0 fully saturated rings. The summed E-state index contributed by atoms with van der Waals surface area (Å²) in [6.45, 7) is 0. The molecule has 0 unspecified atom stereocenters. The third-order valence-electron chi connectivity index (χ3n) is 1.20. The highest BCUT2D eigenvalue weighted by Gasteiger charge is 2.42. The van der Waals surface area contributed by atoms with Gasteiger partial charge in [0.1, 0.15) is 0 Å². The Bertz CT molecular complexity index is 270. The van der Waals surface area contributed by atoms with Crippen LogP contribution in [0, 0.1) is 0 Å². The molecule has 0 amide bonds. The molecule has 0 radical (unpaired) electrons. The molecule has 0 aliphatic carbocycles. The van der Waals surface area contributed by atoms with Crippen molar-refractivity contribution in [2.24, 2.45) is 0 Å². The molecule has 0 spiro atoms. The molecular weight excluding hydrogens is 221 g/mol. The van der Waals surface area contributed by atoms with E-state index in [0.717, 1.165) is 0 Å². The Kier molecular flexibility index (Phi) is 4.75. The number of halogens is 3. The van der Waals surface area contributed by atoms with Crippen LogP contribution in [-0.4, -0.2) is 24.1 Å². The summed E-state index contributed by atoms with van der Waals surface area (Å²) < 4.78 is 38.0. The van der Waals surface area contributed by atoms with Gasteiger partial charge in [0.05, 0.1) is 0 Å². The van der Waals surface area contributed by atoms with Crippen LogP contribution in [0.15, 0.2) is 0 Å². The molecule has 0 aromatic rings. The molecule has 0 aliphatic rings. The van der Waals surface area contributed by atoms with Gasteiger partial charge in [0, 0.05) is 12.4 Å². The normalized spacial score (nSPS) is 10.9. The molecule has 0 aromatic carbocycles. The summed E-state index contributed by atoms with van der Waals surface area (Å²) >= 11 is 0. The van der Waals surface area contributed by atoms with Crippen LogP contribution in [0.3, 0.4) is 0 Å². The Labute approximate surface area is 81.8 Å². The van der Waals surface area contributed by atoms with Crippen molar-refractivity contribution in [1.29, 1.82) is 0 Å². The number of carbonyl (C=O) groups excluding carboxylic acids is 3. The van der Waals surface area contributed by atoms with E-state index >= 15 is 0 Å². The lowest BCUT2D eigenvalue weighted by molar-refractivity contribution is -0.305. The molecule has 0 bridgehead atoms. The number of rotatable bonds is 4. The van der Waals surface area contributed by atoms with Gasteiger partial charge in [-0.2, -0.15) is 13.2 Å². The van der Waals surface area contributed by atoms with Gasteiger partial charge in [-0.25, -0.2) is 4.79 Å². The van der Waals surface area contributed by atoms with E-state index in [4.69, 9.17) is 0 Å². The Morgan fingerprint density at radius 3 is 2.07 bits per heavy atom. The predicted molar refractivity (Wildman–Crippen MR) is 36.0 cm³/mol. The van der Waals surface area contributed by atoms with E-state index in [9.17, 15) is 32.7 Å². The average Bonchev–Trinajstić information content (AvgIpc) is 2.01. The van der Waals surface area contributed by atoms with E-state index in [2.05, 4.69) is 4.74 Å². The Hall–Kier alpha value is -1.60. The minimum atomic E-state index is -5.23. The van der Waals surface area contributed by atoms with Crippen molar-refractivity contribution in [3.63, 3.8) is 0 Å². The van der Waals surface area contributed by atoms with Crippen LogP contribution >= 0.6 is 0 Å². The van der Waals surface area contributed by atoms with E-state index in [1.807, 2.05) is 0 Å². The summed E-state index contributed by atoms with van der Waals surface area (Å²) in [5, 5.41) is 9.85. The lowest BCUT2D eigenvalue weighted by atomic mass is 10.2. The minimum Gasteiger partial charge on any atom is -0.550 e. The highest BCUT2D eigenvalue weighted by molar-refractivity contribution is 5.88. The van der Waals surface area contributed by atoms with Crippen LogP contribution in [0.25, 0.3) is 0 Å². The van der Waals surface area contributed by atoms with E-state index in [-0.39, 0.29) is 6.42 Å². The second-order valence-corrected chi connectivity index (χ2v) is 2.48. The molecular formula is C7H6F3O5-. The molecule has 5 nitrogen and oxygen atoms in total. The van der Waals surface area contributed by atoms with Crippen LogP contribution < -0.4 is 5.11 Å². The number of carboxylic acids is 1. The lowest BCUT2D eigenvalue weighted by Crippen LogP contribution is -2.28. The number of hydrogen-bond donors (Lipinski definition) is 0. The quantitative estimate of drug-likeness (QED) is 0.479. The largest absolute Gasteiger partial charge is 0.550 e. The highest BCUT2D eigenvalue weighted by atomic mass is 19.4. The zero-order valence-corrected chi connectivity index (χ0v) is 7.30. The monoisotopic (exact) mass is 227 g/mol. The molecule has 0 saturated heterocycles. The number of carboxylic acid groups (broad SMARTS) is 1. The summed E-state index contributed by atoms with van der Waals surface area (Å²) in [5.41, 5.74) is 0. The second kappa shape index (κ2) is 5.32. The van der Waals surface area contributed by atoms with Gasteiger partial charge in [0.25, 0.3) is 0 Å². The standard InChI is InChI=1S/C7H7F3O5/c8-7(9,10)6(14)15-5(13)3-1-2-4(11)12/h1-3H2,(H,11,12)/p-1. The highest BCUT2D eigenvalue weighted by Crippen LogP contribution is 2.16. The number of alkyl halides is 3. The lowest BCUT2D eigenvalue weighted by Gasteiger charge is -2.05. The Balaban J connectivity index is 3.85. The maximum atomic E-state index is 11.5. The van der Waals surface area contributed by atoms with Crippen molar-refractivity contribution < 1.29 is 37.4 Å². The number of ether oxygens (including phenoxy) is 1.